The summed E-state index contributed by atoms with van der Waals surface area (Å²) < 4.78 is 10.8. The fraction of sp³-hybridized carbons (Fsp3) is 0.412. The zero-order chi connectivity index (χ0) is 15.5. The van der Waals surface area contributed by atoms with E-state index in [-0.39, 0.29) is 12.0 Å². The number of carbonyl (C=O) groups excluding carboxylic acids is 1. The van der Waals surface area contributed by atoms with E-state index in [2.05, 4.69) is 11.9 Å². The van der Waals surface area contributed by atoms with Crippen molar-refractivity contribution in [3.8, 4) is 5.75 Å². The Morgan fingerprint density at radius 1 is 1.41 bits per heavy atom. The Labute approximate surface area is 129 Å². The summed E-state index contributed by atoms with van der Waals surface area (Å²) in [5, 5.41) is 0.962. The van der Waals surface area contributed by atoms with Gasteiger partial charge in [0, 0.05) is 18.5 Å². The van der Waals surface area contributed by atoms with Gasteiger partial charge in [0.15, 0.2) is 0 Å². The molecule has 0 saturated carbocycles. The van der Waals surface area contributed by atoms with Crippen molar-refractivity contribution in [2.24, 2.45) is 0 Å². The minimum atomic E-state index is -0.0283. The molecule has 1 aliphatic rings. The van der Waals surface area contributed by atoms with Crippen molar-refractivity contribution in [2.75, 3.05) is 26.8 Å². The maximum atomic E-state index is 12.6. The molecule has 1 aliphatic heterocycles. The molecule has 2 heterocycles. The molecule has 5 heteroatoms. The van der Waals surface area contributed by atoms with Crippen LogP contribution in [0.25, 0.3) is 10.9 Å². The molecule has 1 atom stereocenters. The number of hydrogen-bond acceptors (Lipinski definition) is 4. The molecule has 3 rings (SSSR count). The third-order valence-corrected chi connectivity index (χ3v) is 4.00. The lowest BCUT2D eigenvalue weighted by molar-refractivity contribution is -0.0228. The highest BCUT2D eigenvalue weighted by Crippen LogP contribution is 2.20. The molecule has 2 aromatic rings. The predicted molar refractivity (Wildman–Crippen MR) is 84.2 cm³/mol. The molecule has 0 radical (unpaired) electrons. The van der Waals surface area contributed by atoms with Gasteiger partial charge in [-0.1, -0.05) is 13.0 Å². The lowest BCUT2D eigenvalue weighted by atomic mass is 10.1. The van der Waals surface area contributed by atoms with Crippen LogP contribution in [0.15, 0.2) is 30.3 Å². The van der Waals surface area contributed by atoms with Crippen molar-refractivity contribution in [2.45, 2.75) is 19.4 Å². The summed E-state index contributed by atoms with van der Waals surface area (Å²) in [6.45, 7) is 3.92. The molecule has 116 valence electrons. The molecule has 1 amide bonds. The van der Waals surface area contributed by atoms with Gasteiger partial charge in [0.25, 0.3) is 5.91 Å². The van der Waals surface area contributed by atoms with Crippen LogP contribution < -0.4 is 4.74 Å². The van der Waals surface area contributed by atoms with Crippen LogP contribution in [0.2, 0.25) is 0 Å². The molecule has 1 aromatic carbocycles. The minimum Gasteiger partial charge on any atom is -0.497 e. The van der Waals surface area contributed by atoms with E-state index in [0.717, 1.165) is 23.1 Å². The Balaban J connectivity index is 1.84. The third-order valence-electron chi connectivity index (χ3n) is 4.00. The Bertz CT molecular complexity index is 687. The van der Waals surface area contributed by atoms with Crippen LogP contribution in [0.1, 0.15) is 23.8 Å². The molecule has 0 spiro atoms. The maximum absolute atomic E-state index is 12.6. The van der Waals surface area contributed by atoms with Crippen LogP contribution in [-0.4, -0.2) is 48.7 Å². The van der Waals surface area contributed by atoms with Gasteiger partial charge in [-0.25, -0.2) is 4.98 Å². The molecule has 1 saturated heterocycles. The summed E-state index contributed by atoms with van der Waals surface area (Å²) >= 11 is 0. The van der Waals surface area contributed by atoms with E-state index in [4.69, 9.17) is 9.47 Å². The van der Waals surface area contributed by atoms with Gasteiger partial charge in [-0.15, -0.1) is 0 Å². The summed E-state index contributed by atoms with van der Waals surface area (Å²) in [6.07, 6.45) is 1.04. The maximum Gasteiger partial charge on any atom is 0.272 e. The Hall–Kier alpha value is -2.14. The molecule has 1 aromatic heterocycles. The van der Waals surface area contributed by atoms with Gasteiger partial charge in [0.1, 0.15) is 11.4 Å². The van der Waals surface area contributed by atoms with E-state index >= 15 is 0 Å². The van der Waals surface area contributed by atoms with Gasteiger partial charge in [-0.05, 0) is 30.7 Å². The second-order valence-electron chi connectivity index (χ2n) is 5.41. The Morgan fingerprint density at radius 2 is 2.27 bits per heavy atom. The summed E-state index contributed by atoms with van der Waals surface area (Å²) in [5.74, 6) is 0.756. The fourth-order valence-corrected chi connectivity index (χ4v) is 2.66. The smallest absolute Gasteiger partial charge is 0.272 e. The lowest BCUT2D eigenvalue weighted by Gasteiger charge is -2.32. The second kappa shape index (κ2) is 6.32. The minimum absolute atomic E-state index is 0.0283. The van der Waals surface area contributed by atoms with E-state index in [1.165, 1.54) is 0 Å². The fourth-order valence-electron chi connectivity index (χ4n) is 2.66. The lowest BCUT2D eigenvalue weighted by Crippen LogP contribution is -2.45. The van der Waals surface area contributed by atoms with Gasteiger partial charge in [0.2, 0.25) is 0 Å². The van der Waals surface area contributed by atoms with Crippen molar-refractivity contribution in [1.29, 1.82) is 0 Å². The first-order valence-corrected chi connectivity index (χ1v) is 7.57. The van der Waals surface area contributed by atoms with E-state index in [1.54, 1.807) is 13.2 Å². The van der Waals surface area contributed by atoms with Gasteiger partial charge >= 0.3 is 0 Å². The number of rotatable bonds is 3. The largest absolute Gasteiger partial charge is 0.497 e. The average molecular weight is 300 g/mol. The Morgan fingerprint density at radius 3 is 3.05 bits per heavy atom. The predicted octanol–water partition coefficient (Wildman–Crippen LogP) is 2.49. The zero-order valence-corrected chi connectivity index (χ0v) is 12.9. The SMILES string of the molecule is CCC1CN(C(=O)c2ccc3cc(OC)ccc3n2)CCO1. The van der Waals surface area contributed by atoms with Crippen LogP contribution in [0, 0.1) is 0 Å². The molecule has 1 unspecified atom stereocenters. The standard InChI is InChI=1S/C17H20N2O3/c1-3-13-11-19(8-9-22-13)17(20)16-6-4-12-10-14(21-2)5-7-15(12)18-16/h4-7,10,13H,3,8-9,11H2,1-2H3. The Kier molecular flexibility index (Phi) is 4.24. The summed E-state index contributed by atoms with van der Waals surface area (Å²) in [5.41, 5.74) is 1.28. The molecular weight excluding hydrogens is 280 g/mol. The number of nitrogens with zero attached hydrogens (tertiary/aromatic N) is 2. The zero-order valence-electron chi connectivity index (χ0n) is 12.9. The van der Waals surface area contributed by atoms with E-state index in [9.17, 15) is 4.79 Å². The van der Waals surface area contributed by atoms with Crippen molar-refractivity contribution < 1.29 is 14.3 Å². The third kappa shape index (κ3) is 2.90. The molecule has 0 aliphatic carbocycles. The number of amides is 1. The summed E-state index contributed by atoms with van der Waals surface area (Å²) in [6, 6.07) is 9.33. The van der Waals surface area contributed by atoms with Crippen LogP contribution in [0.3, 0.4) is 0 Å². The number of pyridine rings is 1. The molecule has 5 nitrogen and oxygen atoms in total. The molecule has 1 fully saturated rings. The molecule has 22 heavy (non-hydrogen) atoms. The number of ether oxygens (including phenoxy) is 2. The van der Waals surface area contributed by atoms with Crippen molar-refractivity contribution in [3.05, 3.63) is 36.0 Å². The summed E-state index contributed by atoms with van der Waals surface area (Å²) in [7, 11) is 1.63. The highest BCUT2D eigenvalue weighted by atomic mass is 16.5. The van der Waals surface area contributed by atoms with Crippen LogP contribution >= 0.6 is 0 Å². The number of benzene rings is 1. The molecular formula is C17H20N2O3. The van der Waals surface area contributed by atoms with Crippen molar-refractivity contribution in [3.63, 3.8) is 0 Å². The number of morpholine rings is 1. The summed E-state index contributed by atoms with van der Waals surface area (Å²) in [4.78, 5) is 18.9. The van der Waals surface area contributed by atoms with Gasteiger partial charge in [-0.2, -0.15) is 0 Å². The van der Waals surface area contributed by atoms with Gasteiger partial charge in [-0.3, -0.25) is 4.79 Å². The van der Waals surface area contributed by atoms with Crippen molar-refractivity contribution in [1.82, 2.24) is 9.88 Å². The monoisotopic (exact) mass is 300 g/mol. The van der Waals surface area contributed by atoms with Crippen LogP contribution in [0.4, 0.5) is 0 Å². The second-order valence-corrected chi connectivity index (χ2v) is 5.41. The van der Waals surface area contributed by atoms with E-state index in [1.807, 2.05) is 29.2 Å². The number of carbonyl (C=O) groups is 1. The highest BCUT2D eigenvalue weighted by Gasteiger charge is 2.24. The average Bonchev–Trinajstić information content (AvgIpc) is 2.60. The van der Waals surface area contributed by atoms with Crippen molar-refractivity contribution >= 4 is 16.8 Å². The molecule has 0 N–H and O–H groups in total. The van der Waals surface area contributed by atoms with Crippen LogP contribution in [-0.2, 0) is 4.74 Å². The first kappa shape index (κ1) is 14.8. The van der Waals surface area contributed by atoms with Gasteiger partial charge < -0.3 is 14.4 Å². The van der Waals surface area contributed by atoms with E-state index in [0.29, 0.717) is 25.4 Å². The van der Waals surface area contributed by atoms with E-state index < -0.39 is 0 Å². The quantitative estimate of drug-likeness (QED) is 0.874. The number of methoxy groups -OCH3 is 1. The first-order valence-electron chi connectivity index (χ1n) is 7.57. The molecule has 0 bridgehead atoms. The van der Waals surface area contributed by atoms with Crippen LogP contribution in [0.5, 0.6) is 5.75 Å². The number of hydrogen-bond donors (Lipinski definition) is 0. The van der Waals surface area contributed by atoms with Gasteiger partial charge in [0.05, 0.1) is 25.3 Å². The number of fused-ring (bicyclic) bond motifs is 1. The first-order chi connectivity index (χ1) is 10.7. The topological polar surface area (TPSA) is 51.7 Å². The highest BCUT2D eigenvalue weighted by molar-refractivity contribution is 5.95. The number of aromatic nitrogens is 1. The normalized spacial score (nSPS) is 18.5.